The number of halogens is 1. The smallest absolute Gasteiger partial charge is 0.244 e. The van der Waals surface area contributed by atoms with Crippen molar-refractivity contribution >= 4 is 39.1 Å². The van der Waals surface area contributed by atoms with Crippen LogP contribution in [0.2, 0.25) is 5.02 Å². The fourth-order valence-electron chi connectivity index (χ4n) is 4.07. The Morgan fingerprint density at radius 2 is 1.50 bits per heavy atom. The van der Waals surface area contributed by atoms with Crippen LogP contribution in [0.25, 0.3) is 0 Å². The van der Waals surface area contributed by atoms with Gasteiger partial charge in [-0.2, -0.15) is 0 Å². The van der Waals surface area contributed by atoms with Crippen molar-refractivity contribution in [3.05, 3.63) is 101 Å². The molecule has 0 aliphatic carbocycles. The first-order chi connectivity index (χ1) is 18.0. The van der Waals surface area contributed by atoms with Crippen LogP contribution in [-0.2, 0) is 32.6 Å². The van der Waals surface area contributed by atoms with Gasteiger partial charge in [0.25, 0.3) is 0 Å². The zero-order chi connectivity index (χ0) is 27.9. The normalized spacial score (nSPS) is 12.2. The predicted octanol–water partition coefficient (Wildman–Crippen LogP) is 4.58. The number of aryl methyl sites for hydroxylation is 1. The highest BCUT2D eigenvalue weighted by Crippen LogP contribution is 2.25. The molecule has 0 saturated carbocycles. The predicted molar refractivity (Wildman–Crippen MR) is 153 cm³/mol. The summed E-state index contributed by atoms with van der Waals surface area (Å²) in [6, 6.07) is 22.6. The number of carbonyl (C=O) groups excluding carboxylic acids is 2. The molecule has 1 atom stereocenters. The second-order valence-corrected chi connectivity index (χ2v) is 11.9. The highest BCUT2D eigenvalue weighted by atomic mass is 35.5. The van der Waals surface area contributed by atoms with Crippen molar-refractivity contribution < 1.29 is 18.0 Å². The van der Waals surface area contributed by atoms with Crippen LogP contribution in [0.15, 0.2) is 78.9 Å². The van der Waals surface area contributed by atoms with E-state index in [0.717, 1.165) is 27.3 Å². The molecule has 0 aromatic heterocycles. The van der Waals surface area contributed by atoms with E-state index in [4.69, 9.17) is 11.6 Å². The molecular weight excluding hydrogens is 522 g/mol. The molecule has 0 saturated heterocycles. The largest absolute Gasteiger partial charge is 0.352 e. The van der Waals surface area contributed by atoms with Crippen LogP contribution in [0.3, 0.4) is 0 Å². The molecule has 3 rings (SSSR count). The Hall–Kier alpha value is -3.36. The SMILES string of the molecule is Cc1ccc(N(CC(=O)N(Cc2ccccc2)[C@@H](Cc2ccccc2)C(=O)NC(C)C)S(C)(=O)=O)cc1Cl. The molecule has 0 bridgehead atoms. The second kappa shape index (κ2) is 12.9. The topological polar surface area (TPSA) is 86.8 Å². The Balaban J connectivity index is 2.04. The number of hydrogen-bond acceptors (Lipinski definition) is 4. The summed E-state index contributed by atoms with van der Waals surface area (Å²) in [7, 11) is -3.85. The molecule has 38 heavy (non-hydrogen) atoms. The van der Waals surface area contributed by atoms with Gasteiger partial charge in [0.05, 0.1) is 11.9 Å². The maximum absolute atomic E-state index is 14.0. The van der Waals surface area contributed by atoms with Gasteiger partial charge in [0.2, 0.25) is 21.8 Å². The molecule has 9 heteroatoms. The Morgan fingerprint density at radius 3 is 2.03 bits per heavy atom. The lowest BCUT2D eigenvalue weighted by Crippen LogP contribution is -2.54. The first-order valence-corrected chi connectivity index (χ1v) is 14.6. The first kappa shape index (κ1) is 29.2. The number of anilines is 1. The van der Waals surface area contributed by atoms with Crippen molar-refractivity contribution in [3.8, 4) is 0 Å². The molecule has 0 spiro atoms. The highest BCUT2D eigenvalue weighted by Gasteiger charge is 2.33. The zero-order valence-electron chi connectivity index (χ0n) is 22.1. The van der Waals surface area contributed by atoms with E-state index in [0.29, 0.717) is 5.02 Å². The van der Waals surface area contributed by atoms with E-state index < -0.39 is 28.5 Å². The third kappa shape index (κ3) is 8.07. The van der Waals surface area contributed by atoms with Gasteiger partial charge in [-0.15, -0.1) is 0 Å². The van der Waals surface area contributed by atoms with Gasteiger partial charge >= 0.3 is 0 Å². The van der Waals surface area contributed by atoms with E-state index in [9.17, 15) is 18.0 Å². The minimum atomic E-state index is -3.85. The number of amides is 2. The zero-order valence-corrected chi connectivity index (χ0v) is 23.7. The minimum Gasteiger partial charge on any atom is -0.352 e. The summed E-state index contributed by atoms with van der Waals surface area (Å²) in [5.74, 6) is -0.812. The number of nitrogens with one attached hydrogen (secondary N) is 1. The van der Waals surface area contributed by atoms with Gasteiger partial charge in [-0.3, -0.25) is 13.9 Å². The summed E-state index contributed by atoms with van der Waals surface area (Å²) < 4.78 is 26.7. The molecular formula is C29H34ClN3O4S. The molecule has 0 fully saturated rings. The van der Waals surface area contributed by atoms with Crippen molar-refractivity contribution in [2.24, 2.45) is 0 Å². The van der Waals surface area contributed by atoms with Crippen LogP contribution < -0.4 is 9.62 Å². The number of hydrogen-bond donors (Lipinski definition) is 1. The summed E-state index contributed by atoms with van der Waals surface area (Å²) in [6.45, 7) is 5.17. The molecule has 3 aromatic carbocycles. The molecule has 0 heterocycles. The molecule has 3 aromatic rings. The van der Waals surface area contributed by atoms with Crippen molar-refractivity contribution in [3.63, 3.8) is 0 Å². The number of sulfonamides is 1. The van der Waals surface area contributed by atoms with Crippen LogP contribution in [0, 0.1) is 6.92 Å². The van der Waals surface area contributed by atoms with Crippen LogP contribution in [0.1, 0.15) is 30.5 Å². The molecule has 0 unspecified atom stereocenters. The minimum absolute atomic E-state index is 0.134. The van der Waals surface area contributed by atoms with Crippen LogP contribution in [0.4, 0.5) is 5.69 Å². The summed E-state index contributed by atoms with van der Waals surface area (Å²) in [5.41, 5.74) is 2.77. The van der Waals surface area contributed by atoms with Gasteiger partial charge in [-0.1, -0.05) is 78.3 Å². The lowest BCUT2D eigenvalue weighted by Gasteiger charge is -2.34. The van der Waals surface area contributed by atoms with E-state index in [1.54, 1.807) is 12.1 Å². The summed E-state index contributed by atoms with van der Waals surface area (Å²) in [5, 5.41) is 3.32. The lowest BCUT2D eigenvalue weighted by molar-refractivity contribution is -0.140. The first-order valence-electron chi connectivity index (χ1n) is 12.4. The van der Waals surface area contributed by atoms with E-state index in [-0.39, 0.29) is 30.6 Å². The van der Waals surface area contributed by atoms with Crippen molar-refractivity contribution in [1.29, 1.82) is 0 Å². The molecule has 1 N–H and O–H groups in total. The van der Waals surface area contributed by atoms with Gasteiger partial charge in [0, 0.05) is 24.0 Å². The fraction of sp³-hybridized carbons (Fsp3) is 0.310. The monoisotopic (exact) mass is 555 g/mol. The Bertz CT molecular complexity index is 1350. The number of benzene rings is 3. The molecule has 0 aliphatic rings. The quantitative estimate of drug-likeness (QED) is 0.375. The summed E-state index contributed by atoms with van der Waals surface area (Å²) >= 11 is 6.28. The van der Waals surface area contributed by atoms with Crippen molar-refractivity contribution in [2.75, 3.05) is 17.1 Å². The third-order valence-electron chi connectivity index (χ3n) is 6.02. The Labute approximate surface area is 230 Å². The average Bonchev–Trinajstić information content (AvgIpc) is 2.86. The Kier molecular flexibility index (Phi) is 9.94. The molecule has 202 valence electrons. The fourth-order valence-corrected chi connectivity index (χ4v) is 5.08. The van der Waals surface area contributed by atoms with E-state index >= 15 is 0 Å². The number of nitrogens with zero attached hydrogens (tertiary/aromatic N) is 2. The molecule has 7 nitrogen and oxygen atoms in total. The Morgan fingerprint density at radius 1 is 0.921 bits per heavy atom. The van der Waals surface area contributed by atoms with Gasteiger partial charge in [-0.05, 0) is 49.6 Å². The third-order valence-corrected chi connectivity index (χ3v) is 7.57. The van der Waals surface area contributed by atoms with E-state index in [1.807, 2.05) is 81.4 Å². The maximum atomic E-state index is 14.0. The molecule has 0 radical (unpaired) electrons. The second-order valence-electron chi connectivity index (χ2n) is 9.58. The van der Waals surface area contributed by atoms with E-state index in [2.05, 4.69) is 5.32 Å². The van der Waals surface area contributed by atoms with Gasteiger partial charge in [-0.25, -0.2) is 8.42 Å². The van der Waals surface area contributed by atoms with Gasteiger partial charge in [0.15, 0.2) is 0 Å². The molecule has 2 amide bonds. The highest BCUT2D eigenvalue weighted by molar-refractivity contribution is 7.92. The van der Waals surface area contributed by atoms with Gasteiger partial charge < -0.3 is 10.2 Å². The molecule has 0 aliphatic heterocycles. The average molecular weight is 556 g/mol. The van der Waals surface area contributed by atoms with E-state index in [1.165, 1.54) is 11.0 Å². The van der Waals surface area contributed by atoms with Crippen molar-refractivity contribution in [1.82, 2.24) is 10.2 Å². The standard InChI is InChI=1S/C29H34ClN3O4S/c1-21(2)31-29(35)27(17-23-11-7-5-8-12-23)32(19-24-13-9-6-10-14-24)28(34)20-33(38(4,36)37)25-16-15-22(3)26(30)18-25/h5-16,18,21,27H,17,19-20H2,1-4H3,(H,31,35)/t27-/m0/s1. The lowest BCUT2D eigenvalue weighted by atomic mass is 10.0. The van der Waals surface area contributed by atoms with Crippen molar-refractivity contribution in [2.45, 2.75) is 45.8 Å². The summed E-state index contributed by atoms with van der Waals surface area (Å²) in [6.07, 6.45) is 1.32. The van der Waals surface area contributed by atoms with Crippen LogP contribution in [0.5, 0.6) is 0 Å². The number of carbonyl (C=O) groups is 2. The van der Waals surface area contributed by atoms with Crippen LogP contribution in [-0.4, -0.2) is 50.0 Å². The number of rotatable bonds is 11. The van der Waals surface area contributed by atoms with Crippen LogP contribution >= 0.6 is 11.6 Å². The maximum Gasteiger partial charge on any atom is 0.244 e. The van der Waals surface area contributed by atoms with Gasteiger partial charge in [0.1, 0.15) is 12.6 Å². The summed E-state index contributed by atoms with van der Waals surface area (Å²) in [4.78, 5) is 28.9.